The van der Waals surface area contributed by atoms with Gasteiger partial charge in [0, 0.05) is 24.8 Å². The number of carbonyl (C=O) groups excluding carboxylic acids is 2. The van der Waals surface area contributed by atoms with Gasteiger partial charge in [0.25, 0.3) is 0 Å². The van der Waals surface area contributed by atoms with Crippen molar-refractivity contribution in [2.45, 2.75) is 25.4 Å². The lowest BCUT2D eigenvalue weighted by Gasteiger charge is -2.36. The first-order chi connectivity index (χ1) is 19.9. The van der Waals surface area contributed by atoms with Crippen LogP contribution >= 0.6 is 0 Å². The molecule has 8 heteroatoms. The van der Waals surface area contributed by atoms with E-state index in [-0.39, 0.29) is 43.6 Å². The van der Waals surface area contributed by atoms with E-state index in [1.807, 2.05) is 36.4 Å². The number of para-hydroxylation sites is 2. The number of phenolic OH excluding ortho intramolecular Hbond substituents is 1. The number of carbonyl (C=O) groups is 2. The molecule has 4 atom stereocenters. The SMILES string of the molecule is COCC1=C([C@H](O)CC/C(=C/c2ccccc2O)c2ccccn2)[C@H](CO)[C@@H]2C(=O)N(c3ccccc3)C(=O)[C@@H]2C1. The second kappa shape index (κ2) is 12.6. The molecule has 1 fully saturated rings. The monoisotopic (exact) mass is 554 g/mol. The average Bonchev–Trinajstić information content (AvgIpc) is 3.25. The zero-order valence-corrected chi connectivity index (χ0v) is 22.9. The topological polar surface area (TPSA) is 120 Å². The van der Waals surface area contributed by atoms with Crippen molar-refractivity contribution >= 4 is 29.2 Å². The van der Waals surface area contributed by atoms with E-state index in [9.17, 15) is 24.9 Å². The number of hydrogen-bond acceptors (Lipinski definition) is 7. The number of imide groups is 1. The Morgan fingerprint density at radius 3 is 2.46 bits per heavy atom. The van der Waals surface area contributed by atoms with Crippen LogP contribution in [0.3, 0.4) is 0 Å². The fourth-order valence-corrected chi connectivity index (χ4v) is 6.17. The molecular formula is C33H34N2O6. The summed E-state index contributed by atoms with van der Waals surface area (Å²) in [5.41, 5.74) is 3.96. The number of aliphatic hydroxyl groups is 2. The normalized spacial score (nSPS) is 21.8. The van der Waals surface area contributed by atoms with Crippen LogP contribution in [-0.2, 0) is 14.3 Å². The molecular weight excluding hydrogens is 520 g/mol. The molecule has 41 heavy (non-hydrogen) atoms. The van der Waals surface area contributed by atoms with E-state index in [4.69, 9.17) is 4.74 Å². The summed E-state index contributed by atoms with van der Waals surface area (Å²) < 4.78 is 5.45. The molecule has 0 unspecified atom stereocenters. The molecule has 1 aliphatic carbocycles. The number of hydrogen-bond donors (Lipinski definition) is 3. The number of aromatic hydroxyl groups is 1. The lowest BCUT2D eigenvalue weighted by Crippen LogP contribution is -2.39. The van der Waals surface area contributed by atoms with Crippen molar-refractivity contribution in [2.24, 2.45) is 17.8 Å². The van der Waals surface area contributed by atoms with E-state index in [1.165, 1.54) is 4.90 Å². The lowest BCUT2D eigenvalue weighted by molar-refractivity contribution is -0.123. The zero-order valence-electron chi connectivity index (χ0n) is 22.9. The number of fused-ring (bicyclic) bond motifs is 1. The number of aliphatic hydroxyl groups excluding tert-OH is 2. The second-order valence-corrected chi connectivity index (χ2v) is 10.5. The number of amides is 2. The summed E-state index contributed by atoms with van der Waals surface area (Å²) in [6.45, 7) is -0.205. The minimum absolute atomic E-state index is 0.137. The largest absolute Gasteiger partial charge is 0.507 e. The van der Waals surface area contributed by atoms with Gasteiger partial charge in [-0.1, -0.05) is 42.5 Å². The number of pyridine rings is 1. The maximum Gasteiger partial charge on any atom is 0.238 e. The van der Waals surface area contributed by atoms with Crippen molar-refractivity contribution in [2.75, 3.05) is 25.2 Å². The summed E-state index contributed by atoms with van der Waals surface area (Å²) in [5, 5.41) is 32.5. The first kappa shape index (κ1) is 28.4. The van der Waals surface area contributed by atoms with Gasteiger partial charge in [0.1, 0.15) is 5.75 Å². The molecule has 1 saturated heterocycles. The van der Waals surface area contributed by atoms with Gasteiger partial charge in [-0.2, -0.15) is 0 Å². The summed E-state index contributed by atoms with van der Waals surface area (Å²) in [6.07, 6.45) is 3.50. The molecule has 3 aromatic rings. The minimum atomic E-state index is -0.997. The number of anilines is 1. The van der Waals surface area contributed by atoms with E-state index in [1.54, 1.807) is 55.8 Å². The van der Waals surface area contributed by atoms with Crippen LogP contribution in [-0.4, -0.2) is 58.5 Å². The predicted octanol–water partition coefficient (Wildman–Crippen LogP) is 4.23. The Bertz CT molecular complexity index is 1450. The number of rotatable bonds is 10. The number of methoxy groups -OCH3 is 1. The van der Waals surface area contributed by atoms with Gasteiger partial charge in [-0.15, -0.1) is 0 Å². The van der Waals surface area contributed by atoms with Crippen molar-refractivity contribution in [3.8, 4) is 5.75 Å². The number of ether oxygens (including phenoxy) is 1. The molecule has 8 nitrogen and oxygen atoms in total. The summed E-state index contributed by atoms with van der Waals surface area (Å²) in [6, 6.07) is 21.4. The third-order valence-electron chi connectivity index (χ3n) is 8.02. The molecule has 3 N–H and O–H groups in total. The molecule has 2 aliphatic rings. The van der Waals surface area contributed by atoms with Gasteiger partial charge in [-0.05, 0) is 72.4 Å². The summed E-state index contributed by atoms with van der Waals surface area (Å²) in [4.78, 5) is 32.8. The summed E-state index contributed by atoms with van der Waals surface area (Å²) in [5.74, 6) is -2.65. The van der Waals surface area contributed by atoms with E-state index in [0.717, 1.165) is 11.1 Å². The first-order valence-corrected chi connectivity index (χ1v) is 13.8. The molecule has 1 aliphatic heterocycles. The molecule has 212 valence electrons. The Morgan fingerprint density at radius 2 is 1.78 bits per heavy atom. The second-order valence-electron chi connectivity index (χ2n) is 10.5. The van der Waals surface area contributed by atoms with Crippen LogP contribution in [0.4, 0.5) is 5.69 Å². The number of nitrogens with zero attached hydrogens (tertiary/aromatic N) is 2. The Hall–Kier alpha value is -4.11. The zero-order chi connectivity index (χ0) is 28.9. The van der Waals surface area contributed by atoms with Crippen molar-refractivity contribution in [3.05, 3.63) is 101 Å². The molecule has 1 aromatic heterocycles. The van der Waals surface area contributed by atoms with Crippen molar-refractivity contribution in [1.29, 1.82) is 0 Å². The number of phenols is 1. The molecule has 0 bridgehead atoms. The highest BCUT2D eigenvalue weighted by molar-refractivity contribution is 6.22. The third kappa shape index (κ3) is 5.72. The predicted molar refractivity (Wildman–Crippen MR) is 155 cm³/mol. The van der Waals surface area contributed by atoms with E-state index >= 15 is 0 Å². The minimum Gasteiger partial charge on any atom is -0.507 e. The van der Waals surface area contributed by atoms with Gasteiger partial charge in [0.05, 0.1) is 42.5 Å². The highest BCUT2D eigenvalue weighted by atomic mass is 16.5. The Kier molecular flexibility index (Phi) is 8.73. The molecule has 2 amide bonds. The molecule has 0 spiro atoms. The van der Waals surface area contributed by atoms with Gasteiger partial charge in [-0.3, -0.25) is 19.5 Å². The van der Waals surface area contributed by atoms with Crippen molar-refractivity contribution in [1.82, 2.24) is 4.98 Å². The van der Waals surface area contributed by atoms with Crippen LogP contribution < -0.4 is 4.90 Å². The van der Waals surface area contributed by atoms with Crippen LogP contribution in [0.25, 0.3) is 11.6 Å². The smallest absolute Gasteiger partial charge is 0.238 e. The molecule has 2 aromatic carbocycles. The van der Waals surface area contributed by atoms with Gasteiger partial charge in [-0.25, -0.2) is 0 Å². The molecule has 2 heterocycles. The standard InChI is InChI=1S/C33H34N2O6/c1-41-20-23-18-25-31(33(40)35(32(25)39)24-10-3-2-4-11-24)26(19-36)30(23)29(38)15-14-21(27-12-7-8-16-34-27)17-22-9-5-6-13-28(22)37/h2-13,16-17,25-26,29,31,36-38H,14-15,18-20H2,1H3/b21-17-/t25-,26+,29-,31-/m1/s1. The Labute approximate surface area is 239 Å². The number of allylic oxidation sites excluding steroid dienone is 1. The van der Waals surface area contributed by atoms with E-state index in [0.29, 0.717) is 28.9 Å². The number of aromatic nitrogens is 1. The van der Waals surface area contributed by atoms with Gasteiger partial charge in [0.15, 0.2) is 0 Å². The van der Waals surface area contributed by atoms with Gasteiger partial charge in [0.2, 0.25) is 11.8 Å². The number of benzene rings is 2. The van der Waals surface area contributed by atoms with Crippen molar-refractivity contribution < 1.29 is 29.6 Å². The van der Waals surface area contributed by atoms with E-state index in [2.05, 4.69) is 4.98 Å². The van der Waals surface area contributed by atoms with E-state index < -0.39 is 23.9 Å². The Morgan fingerprint density at radius 1 is 1.05 bits per heavy atom. The lowest BCUT2D eigenvalue weighted by atomic mass is 9.68. The van der Waals surface area contributed by atoms with Crippen LogP contribution in [0, 0.1) is 17.8 Å². The average molecular weight is 555 g/mol. The van der Waals surface area contributed by atoms with Crippen molar-refractivity contribution in [3.63, 3.8) is 0 Å². The maximum atomic E-state index is 13.7. The van der Waals surface area contributed by atoms with Gasteiger partial charge >= 0.3 is 0 Å². The maximum absolute atomic E-state index is 13.7. The third-order valence-corrected chi connectivity index (χ3v) is 8.02. The molecule has 0 saturated carbocycles. The Balaban J connectivity index is 1.45. The molecule has 5 rings (SSSR count). The fraction of sp³-hybridized carbons (Fsp3) is 0.303. The highest BCUT2D eigenvalue weighted by Crippen LogP contribution is 2.47. The fourth-order valence-electron chi connectivity index (χ4n) is 6.17. The first-order valence-electron chi connectivity index (χ1n) is 13.8. The quantitative estimate of drug-likeness (QED) is 0.253. The van der Waals surface area contributed by atoms with Gasteiger partial charge < -0.3 is 20.1 Å². The molecule has 0 radical (unpaired) electrons. The van der Waals surface area contributed by atoms with Crippen LogP contribution in [0.1, 0.15) is 30.5 Å². The highest BCUT2D eigenvalue weighted by Gasteiger charge is 2.55. The van der Waals surface area contributed by atoms with Crippen LogP contribution in [0.5, 0.6) is 5.75 Å². The van der Waals surface area contributed by atoms with Crippen LogP contribution in [0.15, 0.2) is 90.1 Å². The summed E-state index contributed by atoms with van der Waals surface area (Å²) in [7, 11) is 1.54. The summed E-state index contributed by atoms with van der Waals surface area (Å²) >= 11 is 0. The van der Waals surface area contributed by atoms with Crippen LogP contribution in [0.2, 0.25) is 0 Å².